The molecule has 0 saturated heterocycles. The Morgan fingerprint density at radius 1 is 0.917 bits per heavy atom. The van der Waals surface area contributed by atoms with Crippen molar-refractivity contribution in [3.63, 3.8) is 0 Å². The lowest BCUT2D eigenvalue weighted by molar-refractivity contribution is -0.223. The Kier molecular flexibility index (Phi) is 5.91. The molecule has 0 amide bonds. The van der Waals surface area contributed by atoms with Crippen molar-refractivity contribution in [2.75, 3.05) is 0 Å². The van der Waals surface area contributed by atoms with E-state index in [1.807, 2.05) is 6.92 Å². The Balaban J connectivity index is 1.57. The third kappa shape index (κ3) is 3.17. The molecule has 5 aliphatic rings. The minimum atomic E-state index is -1.04. The van der Waals surface area contributed by atoms with Crippen molar-refractivity contribution in [3.8, 4) is 0 Å². The van der Waals surface area contributed by atoms with Crippen molar-refractivity contribution in [1.82, 2.24) is 0 Å². The van der Waals surface area contributed by atoms with E-state index in [1.54, 1.807) is 5.57 Å². The number of allylic oxidation sites excluding steroid dienone is 2. The molecule has 202 valence electrons. The first-order valence-electron chi connectivity index (χ1n) is 14.8. The van der Waals surface area contributed by atoms with Crippen LogP contribution in [-0.4, -0.2) is 23.1 Å². The van der Waals surface area contributed by atoms with Gasteiger partial charge in [0.1, 0.15) is 11.5 Å². The SMILES string of the molecule is CC(=O)O[C@@H]1CC[C@@]2(C)[C@H](CC[C@]3(C)[C@H]2CC=C2[C@H]4[C@@H](C)[C@H](C)CC[C@]4(C)CC[C@]23C)[C@@]1(C)C(=O)O. The van der Waals surface area contributed by atoms with Gasteiger partial charge in [0.15, 0.2) is 0 Å². The molecular formula is C32H50O4. The number of carbonyl (C=O) groups excluding carboxylic acids is 1. The molecule has 0 aromatic heterocycles. The fourth-order valence-electron chi connectivity index (χ4n) is 11.2. The van der Waals surface area contributed by atoms with Crippen LogP contribution in [0.3, 0.4) is 0 Å². The zero-order chi connectivity index (χ0) is 26.5. The molecule has 4 saturated carbocycles. The molecule has 0 unspecified atom stereocenters. The molecule has 0 aliphatic heterocycles. The average Bonchev–Trinajstić information content (AvgIpc) is 2.79. The van der Waals surface area contributed by atoms with Crippen LogP contribution in [0, 0.1) is 56.7 Å². The molecule has 0 spiro atoms. The quantitative estimate of drug-likeness (QED) is 0.313. The second-order valence-corrected chi connectivity index (χ2v) is 15.0. The van der Waals surface area contributed by atoms with Crippen molar-refractivity contribution >= 4 is 11.9 Å². The monoisotopic (exact) mass is 498 g/mol. The maximum atomic E-state index is 12.9. The summed E-state index contributed by atoms with van der Waals surface area (Å²) in [6.07, 6.45) is 12.0. The Hall–Kier alpha value is -1.32. The summed E-state index contributed by atoms with van der Waals surface area (Å²) in [7, 11) is 0. The normalized spacial score (nSPS) is 54.2. The minimum Gasteiger partial charge on any atom is -0.481 e. The van der Waals surface area contributed by atoms with Gasteiger partial charge >= 0.3 is 11.9 Å². The Morgan fingerprint density at radius 2 is 1.61 bits per heavy atom. The third-order valence-electron chi connectivity index (χ3n) is 13.8. The second-order valence-electron chi connectivity index (χ2n) is 15.0. The van der Waals surface area contributed by atoms with Crippen molar-refractivity contribution in [3.05, 3.63) is 11.6 Å². The number of hydrogen-bond acceptors (Lipinski definition) is 3. The molecule has 5 aliphatic carbocycles. The van der Waals surface area contributed by atoms with Crippen LogP contribution in [-0.2, 0) is 14.3 Å². The largest absolute Gasteiger partial charge is 0.481 e. The number of aliphatic carboxylic acids is 1. The van der Waals surface area contributed by atoms with E-state index in [9.17, 15) is 14.7 Å². The van der Waals surface area contributed by atoms with Crippen LogP contribution in [0.2, 0.25) is 0 Å². The highest BCUT2D eigenvalue weighted by Crippen LogP contribution is 2.75. The number of carboxylic acids is 1. The van der Waals surface area contributed by atoms with Gasteiger partial charge in [0.2, 0.25) is 0 Å². The molecule has 4 fully saturated rings. The average molecular weight is 499 g/mol. The minimum absolute atomic E-state index is 0.0136. The molecule has 36 heavy (non-hydrogen) atoms. The fraction of sp³-hybridized carbons (Fsp3) is 0.875. The van der Waals surface area contributed by atoms with Gasteiger partial charge in [0.25, 0.3) is 0 Å². The van der Waals surface area contributed by atoms with Gasteiger partial charge in [0, 0.05) is 6.92 Å². The van der Waals surface area contributed by atoms with Crippen LogP contribution in [0.15, 0.2) is 11.6 Å². The van der Waals surface area contributed by atoms with Crippen LogP contribution in [0.5, 0.6) is 0 Å². The summed E-state index contributed by atoms with van der Waals surface area (Å²) in [6.45, 7) is 18.4. The molecule has 5 rings (SSSR count). The van der Waals surface area contributed by atoms with E-state index < -0.39 is 17.5 Å². The van der Waals surface area contributed by atoms with Crippen LogP contribution in [0.4, 0.5) is 0 Å². The number of ether oxygens (including phenoxy) is 1. The van der Waals surface area contributed by atoms with Gasteiger partial charge in [-0.25, -0.2) is 0 Å². The lowest BCUT2D eigenvalue weighted by Gasteiger charge is -2.71. The Bertz CT molecular complexity index is 985. The molecule has 1 N–H and O–H groups in total. The number of esters is 1. The van der Waals surface area contributed by atoms with E-state index in [4.69, 9.17) is 4.74 Å². The van der Waals surface area contributed by atoms with E-state index in [2.05, 4.69) is 47.6 Å². The van der Waals surface area contributed by atoms with Gasteiger partial charge in [-0.2, -0.15) is 0 Å². The topological polar surface area (TPSA) is 63.6 Å². The maximum Gasteiger partial charge on any atom is 0.313 e. The number of rotatable bonds is 2. The Morgan fingerprint density at radius 3 is 2.25 bits per heavy atom. The molecule has 11 atom stereocenters. The van der Waals surface area contributed by atoms with Crippen molar-refractivity contribution < 1.29 is 19.4 Å². The molecule has 0 radical (unpaired) electrons. The van der Waals surface area contributed by atoms with Crippen LogP contribution in [0.1, 0.15) is 113 Å². The van der Waals surface area contributed by atoms with Crippen molar-refractivity contribution in [2.45, 2.75) is 119 Å². The standard InChI is InChI=1S/C32H50O4/c1-19-11-14-28(4)17-18-30(6)22(26(28)20(19)2)9-10-23-29(5)15-13-25(36-21(3)33)32(8,27(34)35)24(29)12-16-31(23,30)7/h9,19-20,23-26H,10-18H2,1-8H3,(H,34,35)/t19-,20+,23+,24+,25-,26-,28-,29-,30-,31-,32-/m1/s1. The summed E-state index contributed by atoms with van der Waals surface area (Å²) in [6, 6.07) is 0. The zero-order valence-electron chi connectivity index (χ0n) is 24.1. The summed E-state index contributed by atoms with van der Waals surface area (Å²) in [5.74, 6) is 1.47. The van der Waals surface area contributed by atoms with Gasteiger partial charge in [0.05, 0.1) is 0 Å². The summed E-state index contributed by atoms with van der Waals surface area (Å²) in [5.41, 5.74) is 1.40. The highest BCUT2D eigenvalue weighted by atomic mass is 16.5. The first kappa shape index (κ1) is 26.3. The Labute approximate surface area is 219 Å². The first-order chi connectivity index (χ1) is 16.6. The van der Waals surface area contributed by atoms with Gasteiger partial charge < -0.3 is 9.84 Å². The molecule has 4 heteroatoms. The predicted octanol–water partition coefficient (Wildman–Crippen LogP) is 7.66. The summed E-state index contributed by atoms with van der Waals surface area (Å²) < 4.78 is 5.69. The first-order valence-corrected chi connectivity index (χ1v) is 14.8. The highest BCUT2D eigenvalue weighted by molar-refractivity contribution is 5.77. The van der Waals surface area contributed by atoms with Crippen molar-refractivity contribution in [2.24, 2.45) is 56.7 Å². The summed E-state index contributed by atoms with van der Waals surface area (Å²) in [4.78, 5) is 24.8. The highest BCUT2D eigenvalue weighted by Gasteiger charge is 2.70. The van der Waals surface area contributed by atoms with E-state index in [0.29, 0.717) is 23.7 Å². The molecule has 0 heterocycles. The summed E-state index contributed by atoms with van der Waals surface area (Å²) >= 11 is 0. The fourth-order valence-corrected chi connectivity index (χ4v) is 11.2. The number of fused-ring (bicyclic) bond motifs is 7. The van der Waals surface area contributed by atoms with Gasteiger partial charge in [-0.1, -0.05) is 53.2 Å². The van der Waals surface area contributed by atoms with Gasteiger partial charge in [-0.3, -0.25) is 9.59 Å². The van der Waals surface area contributed by atoms with E-state index in [0.717, 1.165) is 37.5 Å². The molecule has 0 aromatic rings. The van der Waals surface area contributed by atoms with Gasteiger partial charge in [-0.15, -0.1) is 0 Å². The lowest BCUT2D eigenvalue weighted by atomic mass is 9.33. The lowest BCUT2D eigenvalue weighted by Crippen LogP contribution is -2.66. The third-order valence-corrected chi connectivity index (χ3v) is 13.8. The zero-order valence-corrected chi connectivity index (χ0v) is 24.1. The van der Waals surface area contributed by atoms with Crippen LogP contribution in [0.25, 0.3) is 0 Å². The van der Waals surface area contributed by atoms with E-state index in [-0.39, 0.29) is 28.1 Å². The molecule has 0 aromatic carbocycles. The van der Waals surface area contributed by atoms with E-state index >= 15 is 0 Å². The molecule has 4 nitrogen and oxygen atoms in total. The number of carboxylic acid groups (broad SMARTS) is 1. The molecular weight excluding hydrogens is 448 g/mol. The van der Waals surface area contributed by atoms with Crippen LogP contribution < -0.4 is 0 Å². The predicted molar refractivity (Wildman–Crippen MR) is 142 cm³/mol. The maximum absolute atomic E-state index is 12.9. The number of hydrogen-bond donors (Lipinski definition) is 1. The molecule has 0 bridgehead atoms. The smallest absolute Gasteiger partial charge is 0.313 e. The van der Waals surface area contributed by atoms with Crippen molar-refractivity contribution in [1.29, 1.82) is 0 Å². The van der Waals surface area contributed by atoms with Crippen LogP contribution >= 0.6 is 0 Å². The summed E-state index contributed by atoms with van der Waals surface area (Å²) in [5, 5.41) is 10.5. The van der Waals surface area contributed by atoms with E-state index in [1.165, 1.54) is 32.6 Å². The number of carbonyl (C=O) groups is 2. The van der Waals surface area contributed by atoms with Gasteiger partial charge in [-0.05, 0) is 116 Å². The second kappa shape index (κ2) is 8.09.